The lowest BCUT2D eigenvalue weighted by Gasteiger charge is -2.12. The number of para-hydroxylation sites is 2. The molecule has 0 saturated heterocycles. The first-order chi connectivity index (χ1) is 14.1. The smallest absolute Gasteiger partial charge is 0.344 e. The van der Waals surface area contributed by atoms with Crippen LogP contribution in [0.15, 0.2) is 41.8 Å². The molecular weight excluding hydrogens is 384 g/mol. The molecule has 0 atom stereocenters. The molecule has 0 saturated carbocycles. The number of nitrogens with zero attached hydrogens (tertiary/aromatic N) is 3. The topological polar surface area (TPSA) is 83.0 Å². The monoisotopic (exact) mass is 408 g/mol. The van der Waals surface area contributed by atoms with Crippen LogP contribution in [0.25, 0.3) is 22.2 Å². The molecule has 3 heterocycles. The molecule has 4 aromatic rings. The van der Waals surface area contributed by atoms with Gasteiger partial charge in [-0.15, -0.1) is 11.3 Å². The summed E-state index contributed by atoms with van der Waals surface area (Å²) in [4.78, 5) is 23.6. The molecule has 0 aliphatic heterocycles. The van der Waals surface area contributed by atoms with Gasteiger partial charge in [-0.25, -0.2) is 14.8 Å². The molecule has 0 aliphatic carbocycles. The van der Waals surface area contributed by atoms with Crippen molar-refractivity contribution in [1.82, 2.24) is 14.5 Å². The average Bonchev–Trinajstić information content (AvgIpc) is 3.34. The number of carbonyl (C=O) groups excluding carboxylic acids is 1. The van der Waals surface area contributed by atoms with Crippen LogP contribution >= 0.6 is 11.3 Å². The zero-order valence-electron chi connectivity index (χ0n) is 16.6. The number of aromatic nitrogens is 3. The zero-order valence-corrected chi connectivity index (χ0v) is 17.4. The Morgan fingerprint density at radius 2 is 1.86 bits per heavy atom. The highest BCUT2D eigenvalue weighted by Gasteiger charge is 2.25. The molecule has 0 radical (unpaired) electrons. The third kappa shape index (κ3) is 3.70. The van der Waals surface area contributed by atoms with E-state index in [1.807, 2.05) is 46.3 Å². The van der Waals surface area contributed by atoms with Crippen LogP contribution in [0.2, 0.25) is 0 Å². The van der Waals surface area contributed by atoms with Crippen LogP contribution in [0.1, 0.15) is 41.9 Å². The minimum atomic E-state index is -0.436. The minimum absolute atomic E-state index is 0.306. The number of hydrogen-bond donors (Lipinski definition) is 1. The Morgan fingerprint density at radius 3 is 2.52 bits per heavy atom. The molecule has 0 bridgehead atoms. The van der Waals surface area contributed by atoms with Crippen LogP contribution in [0.3, 0.4) is 0 Å². The van der Waals surface area contributed by atoms with Crippen LogP contribution in [0.5, 0.6) is 0 Å². The van der Waals surface area contributed by atoms with Gasteiger partial charge in [0.1, 0.15) is 16.9 Å². The van der Waals surface area contributed by atoms with Crippen molar-refractivity contribution in [2.45, 2.75) is 33.2 Å². The van der Waals surface area contributed by atoms with Crippen molar-refractivity contribution in [1.29, 1.82) is 0 Å². The van der Waals surface area contributed by atoms with E-state index in [-0.39, 0.29) is 0 Å². The number of anilines is 1. The van der Waals surface area contributed by atoms with E-state index < -0.39 is 5.97 Å². The Morgan fingerprint density at radius 1 is 1.14 bits per heavy atom. The SMILES string of the molecule is CCC(CC)COC(=O)c1c(N)n(Cc2cccs2)c2nc3ccccc3nc12. The predicted octanol–water partition coefficient (Wildman–Crippen LogP) is 4.87. The highest BCUT2D eigenvalue weighted by atomic mass is 32.1. The van der Waals surface area contributed by atoms with E-state index in [0.29, 0.717) is 41.6 Å². The lowest BCUT2D eigenvalue weighted by Crippen LogP contribution is -2.15. The van der Waals surface area contributed by atoms with Crippen molar-refractivity contribution in [2.75, 3.05) is 12.3 Å². The fraction of sp³-hybridized carbons (Fsp3) is 0.318. The van der Waals surface area contributed by atoms with E-state index >= 15 is 0 Å². The summed E-state index contributed by atoms with van der Waals surface area (Å²) in [5.74, 6) is 0.249. The van der Waals surface area contributed by atoms with Crippen LogP contribution in [-0.2, 0) is 11.3 Å². The lowest BCUT2D eigenvalue weighted by molar-refractivity contribution is 0.0436. The number of benzene rings is 1. The molecule has 0 amide bonds. The number of rotatable bonds is 7. The number of hydrogen-bond acceptors (Lipinski definition) is 6. The van der Waals surface area contributed by atoms with Crippen molar-refractivity contribution in [3.63, 3.8) is 0 Å². The fourth-order valence-corrected chi connectivity index (χ4v) is 4.12. The van der Waals surface area contributed by atoms with Crippen molar-refractivity contribution >= 4 is 45.3 Å². The summed E-state index contributed by atoms with van der Waals surface area (Å²) in [5.41, 5.74) is 9.34. The van der Waals surface area contributed by atoms with Gasteiger partial charge in [0.05, 0.1) is 24.2 Å². The third-order valence-corrected chi connectivity index (χ3v) is 6.16. The quantitative estimate of drug-likeness (QED) is 0.441. The molecule has 0 aliphatic rings. The lowest BCUT2D eigenvalue weighted by atomic mass is 10.1. The normalized spacial score (nSPS) is 11.6. The second-order valence-electron chi connectivity index (χ2n) is 7.09. The Hall–Kier alpha value is -2.93. The molecule has 0 fully saturated rings. The molecular formula is C22H24N4O2S. The van der Waals surface area contributed by atoms with Crippen LogP contribution in [0, 0.1) is 5.92 Å². The van der Waals surface area contributed by atoms with E-state index in [9.17, 15) is 4.79 Å². The maximum absolute atomic E-state index is 13.0. The number of esters is 1. The summed E-state index contributed by atoms with van der Waals surface area (Å²) in [7, 11) is 0. The van der Waals surface area contributed by atoms with E-state index in [2.05, 4.69) is 13.8 Å². The summed E-state index contributed by atoms with van der Waals surface area (Å²) in [5, 5.41) is 2.02. The van der Waals surface area contributed by atoms with Gasteiger partial charge in [-0.2, -0.15) is 0 Å². The first-order valence-corrected chi connectivity index (χ1v) is 10.7. The van der Waals surface area contributed by atoms with Crippen molar-refractivity contribution < 1.29 is 9.53 Å². The van der Waals surface area contributed by atoms with Gasteiger partial charge in [-0.1, -0.05) is 44.9 Å². The third-order valence-electron chi connectivity index (χ3n) is 5.29. The summed E-state index contributed by atoms with van der Waals surface area (Å²) < 4.78 is 7.48. The first-order valence-electron chi connectivity index (χ1n) is 9.86. The van der Waals surface area contributed by atoms with Gasteiger partial charge >= 0.3 is 5.97 Å². The highest BCUT2D eigenvalue weighted by Crippen LogP contribution is 2.30. The number of ether oxygens (including phenoxy) is 1. The molecule has 0 spiro atoms. The van der Waals surface area contributed by atoms with Gasteiger partial charge in [0, 0.05) is 4.88 Å². The molecule has 7 heteroatoms. The first kappa shape index (κ1) is 19.4. The highest BCUT2D eigenvalue weighted by molar-refractivity contribution is 7.09. The van der Waals surface area contributed by atoms with Gasteiger partial charge in [-0.3, -0.25) is 0 Å². The second-order valence-corrected chi connectivity index (χ2v) is 8.12. The molecule has 1 aromatic carbocycles. The summed E-state index contributed by atoms with van der Waals surface area (Å²) in [6.07, 6.45) is 1.92. The predicted molar refractivity (Wildman–Crippen MR) is 117 cm³/mol. The number of nitrogen functional groups attached to an aromatic ring is 1. The van der Waals surface area contributed by atoms with Gasteiger partial charge in [0.15, 0.2) is 5.65 Å². The molecule has 2 N–H and O–H groups in total. The number of thiophene rings is 1. The Labute approximate surface area is 173 Å². The Balaban J connectivity index is 1.82. The largest absolute Gasteiger partial charge is 0.462 e. The standard InChI is InChI=1S/C22H24N4O2S/c1-3-14(4-2)13-28-22(27)18-19-21(25-17-10-6-5-9-16(17)24-19)26(20(18)23)12-15-8-7-11-29-15/h5-11,14H,3-4,12-13,23H2,1-2H3. The number of fused-ring (bicyclic) bond motifs is 2. The van der Waals surface area contributed by atoms with Crippen molar-refractivity contribution in [2.24, 2.45) is 5.92 Å². The van der Waals surface area contributed by atoms with Crippen molar-refractivity contribution in [3.8, 4) is 0 Å². The van der Waals surface area contributed by atoms with Gasteiger partial charge < -0.3 is 15.0 Å². The molecule has 6 nitrogen and oxygen atoms in total. The zero-order chi connectivity index (χ0) is 20.4. The second kappa shape index (κ2) is 8.21. The summed E-state index contributed by atoms with van der Waals surface area (Å²) in [6, 6.07) is 11.6. The van der Waals surface area contributed by atoms with Crippen LogP contribution in [0.4, 0.5) is 5.82 Å². The van der Waals surface area contributed by atoms with Gasteiger partial charge in [0.25, 0.3) is 0 Å². The molecule has 0 unspecified atom stereocenters. The Bertz CT molecular complexity index is 1150. The van der Waals surface area contributed by atoms with E-state index in [0.717, 1.165) is 28.8 Å². The summed E-state index contributed by atoms with van der Waals surface area (Å²) in [6.45, 7) is 5.11. The molecule has 150 valence electrons. The molecule has 29 heavy (non-hydrogen) atoms. The van der Waals surface area contributed by atoms with E-state index in [4.69, 9.17) is 20.4 Å². The van der Waals surface area contributed by atoms with Gasteiger partial charge in [0.2, 0.25) is 0 Å². The maximum atomic E-state index is 13.0. The van der Waals surface area contributed by atoms with Crippen LogP contribution in [-0.4, -0.2) is 27.1 Å². The van der Waals surface area contributed by atoms with E-state index in [1.54, 1.807) is 11.3 Å². The fourth-order valence-electron chi connectivity index (χ4n) is 3.43. The minimum Gasteiger partial charge on any atom is -0.462 e. The van der Waals surface area contributed by atoms with Gasteiger partial charge in [-0.05, 0) is 29.5 Å². The molecule has 4 rings (SSSR count). The van der Waals surface area contributed by atoms with Crippen LogP contribution < -0.4 is 5.73 Å². The maximum Gasteiger partial charge on any atom is 0.344 e. The van der Waals surface area contributed by atoms with E-state index in [1.165, 1.54) is 0 Å². The Kier molecular flexibility index (Phi) is 5.49. The number of carbonyl (C=O) groups is 1. The summed E-state index contributed by atoms with van der Waals surface area (Å²) >= 11 is 1.64. The molecule has 3 aromatic heterocycles. The average molecular weight is 409 g/mol. The number of nitrogens with two attached hydrogens (primary N) is 1. The van der Waals surface area contributed by atoms with Crippen molar-refractivity contribution in [3.05, 3.63) is 52.2 Å².